The van der Waals surface area contributed by atoms with Crippen molar-refractivity contribution in [1.29, 1.82) is 0 Å². The Labute approximate surface area is 155 Å². The first-order chi connectivity index (χ1) is 12.5. The molecule has 1 amide bonds. The summed E-state index contributed by atoms with van der Waals surface area (Å²) in [6.07, 6.45) is 3.09. The summed E-state index contributed by atoms with van der Waals surface area (Å²) in [5, 5.41) is 3.57. The van der Waals surface area contributed by atoms with Crippen LogP contribution in [0, 0.1) is 19.7 Å². The lowest BCUT2D eigenvalue weighted by Gasteiger charge is -2.34. The van der Waals surface area contributed by atoms with Gasteiger partial charge in [0.25, 0.3) is 0 Å². The normalized spacial score (nSPS) is 17.2. The number of rotatable bonds is 5. The second-order valence-electron chi connectivity index (χ2n) is 7.25. The van der Waals surface area contributed by atoms with Crippen molar-refractivity contribution in [2.24, 2.45) is 0 Å². The van der Waals surface area contributed by atoms with Gasteiger partial charge in [-0.3, -0.25) is 4.79 Å². The molecule has 1 heterocycles. The second-order valence-corrected chi connectivity index (χ2v) is 7.25. The Balaban J connectivity index is 1.53. The molecule has 1 saturated heterocycles. The average molecular weight is 354 g/mol. The number of carbonyl (C=O) groups is 1. The monoisotopic (exact) mass is 354 g/mol. The van der Waals surface area contributed by atoms with E-state index < -0.39 is 0 Å². The van der Waals surface area contributed by atoms with Gasteiger partial charge in [0.15, 0.2) is 0 Å². The van der Waals surface area contributed by atoms with Gasteiger partial charge in [-0.2, -0.15) is 0 Å². The maximum Gasteiger partial charge on any atom is 0.222 e. The smallest absolute Gasteiger partial charge is 0.222 e. The predicted molar refractivity (Wildman–Crippen MR) is 104 cm³/mol. The van der Waals surface area contributed by atoms with E-state index in [0.29, 0.717) is 12.8 Å². The third-order valence-electron chi connectivity index (χ3n) is 5.17. The molecule has 1 aliphatic rings. The molecular formula is C22H27FN2O. The molecule has 138 valence electrons. The van der Waals surface area contributed by atoms with E-state index in [1.807, 2.05) is 11.0 Å². The number of halogens is 1. The number of nitrogens with zero attached hydrogens (tertiary/aromatic N) is 1. The molecule has 1 aliphatic heterocycles. The van der Waals surface area contributed by atoms with Crippen molar-refractivity contribution in [2.75, 3.05) is 18.4 Å². The summed E-state index contributed by atoms with van der Waals surface area (Å²) < 4.78 is 13.3. The molecule has 0 radical (unpaired) electrons. The Bertz CT molecular complexity index is 774. The molecule has 0 bridgehead atoms. The molecule has 0 aliphatic carbocycles. The van der Waals surface area contributed by atoms with E-state index in [4.69, 9.17) is 0 Å². The topological polar surface area (TPSA) is 32.3 Å². The molecule has 0 aromatic heterocycles. The van der Waals surface area contributed by atoms with Gasteiger partial charge >= 0.3 is 0 Å². The fraction of sp³-hybridized carbons (Fsp3) is 0.409. The summed E-state index contributed by atoms with van der Waals surface area (Å²) in [6.45, 7) is 5.77. The third-order valence-corrected chi connectivity index (χ3v) is 5.17. The molecule has 1 atom stereocenters. The summed E-state index contributed by atoms with van der Waals surface area (Å²) in [5.41, 5.74) is 4.55. The van der Waals surface area contributed by atoms with E-state index in [-0.39, 0.29) is 17.8 Å². The fourth-order valence-electron chi connectivity index (χ4n) is 3.49. The van der Waals surface area contributed by atoms with Crippen LogP contribution in [-0.4, -0.2) is 29.9 Å². The Hall–Kier alpha value is -2.36. The minimum atomic E-state index is -0.245. The maximum atomic E-state index is 13.3. The van der Waals surface area contributed by atoms with Crippen molar-refractivity contribution < 1.29 is 9.18 Å². The van der Waals surface area contributed by atoms with Crippen LogP contribution in [0.1, 0.15) is 36.0 Å². The Morgan fingerprint density at radius 1 is 1.19 bits per heavy atom. The van der Waals surface area contributed by atoms with Crippen LogP contribution in [0.5, 0.6) is 0 Å². The molecule has 2 aromatic rings. The van der Waals surface area contributed by atoms with Crippen molar-refractivity contribution >= 4 is 11.6 Å². The summed E-state index contributed by atoms with van der Waals surface area (Å²) >= 11 is 0. The van der Waals surface area contributed by atoms with Crippen molar-refractivity contribution in [1.82, 2.24) is 4.90 Å². The Morgan fingerprint density at radius 3 is 2.81 bits per heavy atom. The van der Waals surface area contributed by atoms with E-state index >= 15 is 0 Å². The lowest BCUT2D eigenvalue weighted by Crippen LogP contribution is -2.45. The van der Waals surface area contributed by atoms with Crippen molar-refractivity contribution in [3.63, 3.8) is 0 Å². The molecule has 4 heteroatoms. The standard InChI is InChI=1S/C22H27FN2O/c1-16-8-10-20(13-17(16)2)24-21-7-4-12-25(15-21)22(26)11-9-18-5-3-6-19(23)14-18/h3,5-6,8,10,13-14,21,24H,4,7,9,11-12,15H2,1-2H3/t21-/m1/s1. The maximum absolute atomic E-state index is 13.3. The van der Waals surface area contributed by atoms with E-state index in [9.17, 15) is 9.18 Å². The highest BCUT2D eigenvalue weighted by Crippen LogP contribution is 2.20. The van der Waals surface area contributed by atoms with Gasteiger partial charge in [0, 0.05) is 31.2 Å². The van der Waals surface area contributed by atoms with Crippen LogP contribution < -0.4 is 5.32 Å². The largest absolute Gasteiger partial charge is 0.381 e. The van der Waals surface area contributed by atoms with Gasteiger partial charge in [-0.25, -0.2) is 4.39 Å². The van der Waals surface area contributed by atoms with Crippen LogP contribution >= 0.6 is 0 Å². The van der Waals surface area contributed by atoms with Crippen LogP contribution in [0.2, 0.25) is 0 Å². The first-order valence-electron chi connectivity index (χ1n) is 9.37. The molecule has 0 saturated carbocycles. The molecule has 3 nitrogen and oxygen atoms in total. The van der Waals surface area contributed by atoms with Crippen LogP contribution in [0.25, 0.3) is 0 Å². The average Bonchev–Trinajstić information content (AvgIpc) is 2.63. The first kappa shape index (κ1) is 18.4. The lowest BCUT2D eigenvalue weighted by atomic mass is 10.0. The number of aryl methyl sites for hydroxylation is 3. The molecule has 26 heavy (non-hydrogen) atoms. The number of anilines is 1. The quantitative estimate of drug-likeness (QED) is 0.859. The van der Waals surface area contributed by atoms with Gasteiger partial charge in [-0.1, -0.05) is 18.2 Å². The SMILES string of the molecule is Cc1ccc(N[C@@H]2CCCN(C(=O)CCc3cccc(F)c3)C2)cc1C. The molecule has 1 N–H and O–H groups in total. The van der Waals surface area contributed by atoms with Crippen LogP contribution in [-0.2, 0) is 11.2 Å². The number of nitrogens with one attached hydrogen (secondary N) is 1. The van der Waals surface area contributed by atoms with Crippen LogP contribution in [0.15, 0.2) is 42.5 Å². The van der Waals surface area contributed by atoms with Crippen molar-refractivity contribution in [2.45, 2.75) is 45.6 Å². The summed E-state index contributed by atoms with van der Waals surface area (Å²) in [6, 6.07) is 13.2. The zero-order valence-electron chi connectivity index (χ0n) is 15.6. The van der Waals surface area contributed by atoms with Gasteiger partial charge in [0.2, 0.25) is 5.91 Å². The number of piperidine rings is 1. The molecular weight excluding hydrogens is 327 g/mol. The van der Waals surface area contributed by atoms with E-state index in [1.165, 1.54) is 23.3 Å². The highest BCUT2D eigenvalue weighted by molar-refractivity contribution is 5.76. The zero-order valence-corrected chi connectivity index (χ0v) is 15.6. The Kier molecular flexibility index (Phi) is 5.92. The minimum Gasteiger partial charge on any atom is -0.381 e. The van der Waals surface area contributed by atoms with E-state index in [2.05, 4.69) is 37.4 Å². The predicted octanol–water partition coefficient (Wildman–Crippen LogP) is 4.48. The van der Waals surface area contributed by atoms with Gasteiger partial charge in [-0.15, -0.1) is 0 Å². The van der Waals surface area contributed by atoms with Crippen molar-refractivity contribution in [3.8, 4) is 0 Å². The van der Waals surface area contributed by atoms with Gasteiger partial charge in [0.05, 0.1) is 0 Å². The van der Waals surface area contributed by atoms with E-state index in [0.717, 1.165) is 37.2 Å². The second kappa shape index (κ2) is 8.35. The highest BCUT2D eigenvalue weighted by Gasteiger charge is 2.23. The molecule has 0 unspecified atom stereocenters. The number of amides is 1. The highest BCUT2D eigenvalue weighted by atomic mass is 19.1. The van der Waals surface area contributed by atoms with Crippen molar-refractivity contribution in [3.05, 3.63) is 65.0 Å². The molecule has 2 aromatic carbocycles. The molecule has 1 fully saturated rings. The zero-order chi connectivity index (χ0) is 18.5. The van der Waals surface area contributed by atoms with Gasteiger partial charge < -0.3 is 10.2 Å². The van der Waals surface area contributed by atoms with Gasteiger partial charge in [0.1, 0.15) is 5.82 Å². The third kappa shape index (κ3) is 4.84. The van der Waals surface area contributed by atoms with Crippen LogP contribution in [0.3, 0.4) is 0 Å². The fourth-order valence-corrected chi connectivity index (χ4v) is 3.49. The van der Waals surface area contributed by atoms with Crippen LogP contribution in [0.4, 0.5) is 10.1 Å². The number of likely N-dealkylation sites (tertiary alicyclic amines) is 1. The molecule has 0 spiro atoms. The number of hydrogen-bond donors (Lipinski definition) is 1. The summed E-state index contributed by atoms with van der Waals surface area (Å²) in [5.74, 6) is -0.0913. The Morgan fingerprint density at radius 2 is 2.04 bits per heavy atom. The molecule has 3 rings (SSSR count). The summed E-state index contributed by atoms with van der Waals surface area (Å²) in [4.78, 5) is 14.5. The number of benzene rings is 2. The van der Waals surface area contributed by atoms with E-state index in [1.54, 1.807) is 6.07 Å². The minimum absolute atomic E-state index is 0.154. The number of hydrogen-bond acceptors (Lipinski definition) is 2. The summed E-state index contributed by atoms with van der Waals surface area (Å²) in [7, 11) is 0. The lowest BCUT2D eigenvalue weighted by molar-refractivity contribution is -0.132. The van der Waals surface area contributed by atoms with Gasteiger partial charge in [-0.05, 0) is 74.1 Å². The number of carbonyl (C=O) groups excluding carboxylic acids is 1. The first-order valence-corrected chi connectivity index (χ1v) is 9.37.